The average molecular weight is 410 g/mol. The van der Waals surface area contributed by atoms with Gasteiger partial charge in [0.15, 0.2) is 5.11 Å². The van der Waals surface area contributed by atoms with E-state index < -0.39 is 0 Å². The van der Waals surface area contributed by atoms with E-state index in [1.54, 1.807) is 4.90 Å². The minimum atomic E-state index is 0.545. The maximum absolute atomic E-state index is 5.40. The van der Waals surface area contributed by atoms with Crippen LogP contribution in [0.2, 0.25) is 0 Å². The van der Waals surface area contributed by atoms with Crippen LogP contribution in [0.4, 0.5) is 0 Å². The number of allylic oxidation sites excluding steroid dienone is 1. The van der Waals surface area contributed by atoms with Crippen LogP contribution >= 0.6 is 12.2 Å². The predicted molar refractivity (Wildman–Crippen MR) is 123 cm³/mol. The summed E-state index contributed by atoms with van der Waals surface area (Å²) in [7, 11) is 0. The Morgan fingerprint density at radius 2 is 1.72 bits per heavy atom. The molecule has 0 aromatic heterocycles. The summed E-state index contributed by atoms with van der Waals surface area (Å²) < 4.78 is 5.40. The minimum Gasteiger partial charge on any atom is -0.370 e. The van der Waals surface area contributed by atoms with Gasteiger partial charge in [-0.2, -0.15) is 5.10 Å². The van der Waals surface area contributed by atoms with E-state index in [9.17, 15) is 0 Å². The second kappa shape index (κ2) is 12.1. The zero-order valence-electron chi connectivity index (χ0n) is 16.6. The molecule has 2 aromatic rings. The van der Waals surface area contributed by atoms with E-state index in [0.717, 1.165) is 62.7 Å². The third-order valence-electron chi connectivity index (χ3n) is 4.77. The zero-order valence-corrected chi connectivity index (χ0v) is 17.5. The summed E-state index contributed by atoms with van der Waals surface area (Å²) >= 11 is 5.39. The van der Waals surface area contributed by atoms with Crippen LogP contribution in [0.15, 0.2) is 71.8 Å². The van der Waals surface area contributed by atoms with Crippen LogP contribution in [0.25, 0.3) is 6.08 Å². The number of nitrogens with zero attached hydrogens (tertiary/aromatic N) is 1. The summed E-state index contributed by atoms with van der Waals surface area (Å²) in [4.78, 5) is 1.60. The SMILES string of the molecule is S=C(NCCC[NH+]1CCOCC1)N/N=C(\C=C\c1ccccc1)c1ccccc1. The lowest BCUT2D eigenvalue weighted by Gasteiger charge is -2.23. The highest BCUT2D eigenvalue weighted by molar-refractivity contribution is 7.80. The van der Waals surface area contributed by atoms with Crippen LogP contribution in [-0.4, -0.2) is 50.2 Å². The summed E-state index contributed by atoms with van der Waals surface area (Å²) in [6, 6.07) is 20.3. The van der Waals surface area contributed by atoms with Gasteiger partial charge in [0.05, 0.1) is 25.5 Å². The van der Waals surface area contributed by atoms with Crippen LogP contribution in [-0.2, 0) is 4.74 Å². The number of thiocarbonyl (C=S) groups is 1. The van der Waals surface area contributed by atoms with Crippen molar-refractivity contribution in [3.05, 3.63) is 77.9 Å². The largest absolute Gasteiger partial charge is 0.370 e. The van der Waals surface area contributed by atoms with Crippen molar-refractivity contribution in [1.29, 1.82) is 0 Å². The van der Waals surface area contributed by atoms with Gasteiger partial charge in [0, 0.05) is 18.5 Å². The Bertz CT molecular complexity index is 802. The molecule has 3 rings (SSSR count). The third-order valence-corrected chi connectivity index (χ3v) is 5.01. The minimum absolute atomic E-state index is 0.545. The summed E-state index contributed by atoms with van der Waals surface area (Å²) in [5.41, 5.74) is 5.98. The average Bonchev–Trinajstić information content (AvgIpc) is 2.79. The molecule has 1 aliphatic heterocycles. The van der Waals surface area contributed by atoms with Crippen molar-refractivity contribution in [1.82, 2.24) is 10.7 Å². The highest BCUT2D eigenvalue weighted by Gasteiger charge is 2.12. The molecule has 0 saturated carbocycles. The molecular weight excluding hydrogens is 380 g/mol. The molecule has 2 aromatic carbocycles. The zero-order chi connectivity index (χ0) is 20.2. The van der Waals surface area contributed by atoms with Gasteiger partial charge in [-0.1, -0.05) is 66.7 Å². The number of hydrazone groups is 1. The maximum atomic E-state index is 5.40. The molecule has 3 N–H and O–H groups in total. The summed E-state index contributed by atoms with van der Waals surface area (Å²) in [5.74, 6) is 0. The Balaban J connectivity index is 1.51. The van der Waals surface area contributed by atoms with Crippen molar-refractivity contribution in [2.24, 2.45) is 5.10 Å². The molecule has 0 amide bonds. The molecule has 1 saturated heterocycles. The first-order valence-corrected chi connectivity index (χ1v) is 10.5. The summed E-state index contributed by atoms with van der Waals surface area (Å²) in [6.07, 6.45) is 5.12. The number of rotatable bonds is 8. The van der Waals surface area contributed by atoms with Crippen molar-refractivity contribution in [2.75, 3.05) is 39.4 Å². The van der Waals surface area contributed by atoms with Crippen LogP contribution in [0.5, 0.6) is 0 Å². The van der Waals surface area contributed by atoms with E-state index >= 15 is 0 Å². The Morgan fingerprint density at radius 3 is 2.45 bits per heavy atom. The quantitative estimate of drug-likeness (QED) is 0.270. The maximum Gasteiger partial charge on any atom is 0.186 e. The van der Waals surface area contributed by atoms with Gasteiger partial charge in [-0.05, 0) is 23.9 Å². The molecule has 0 aliphatic carbocycles. The first-order valence-electron chi connectivity index (χ1n) is 10.1. The fraction of sp³-hybridized carbons (Fsp3) is 0.304. The van der Waals surface area contributed by atoms with Crippen LogP contribution in [0.1, 0.15) is 17.5 Å². The molecule has 1 fully saturated rings. The number of ether oxygens (including phenoxy) is 1. The molecule has 5 nitrogen and oxygen atoms in total. The third kappa shape index (κ3) is 7.77. The van der Waals surface area contributed by atoms with Crippen molar-refractivity contribution < 1.29 is 9.64 Å². The fourth-order valence-corrected chi connectivity index (χ4v) is 3.29. The van der Waals surface area contributed by atoms with Gasteiger partial charge in [-0.3, -0.25) is 5.43 Å². The van der Waals surface area contributed by atoms with Gasteiger partial charge in [-0.25, -0.2) is 0 Å². The monoisotopic (exact) mass is 409 g/mol. The van der Waals surface area contributed by atoms with Gasteiger partial charge < -0.3 is 15.0 Å². The van der Waals surface area contributed by atoms with E-state index in [-0.39, 0.29) is 0 Å². The molecule has 0 unspecified atom stereocenters. The molecule has 1 heterocycles. The van der Waals surface area contributed by atoms with E-state index in [0.29, 0.717) is 5.11 Å². The Hall–Kier alpha value is -2.54. The molecule has 1 aliphatic rings. The second-order valence-corrected chi connectivity index (χ2v) is 7.35. The Kier molecular flexibility index (Phi) is 8.85. The molecule has 0 spiro atoms. The number of hydrogen-bond acceptors (Lipinski definition) is 3. The van der Waals surface area contributed by atoms with Gasteiger partial charge in [0.2, 0.25) is 0 Å². The number of benzene rings is 2. The summed E-state index contributed by atoms with van der Waals surface area (Å²) in [6.45, 7) is 5.91. The Labute approximate surface area is 178 Å². The van der Waals surface area contributed by atoms with E-state index in [4.69, 9.17) is 17.0 Å². The molecule has 0 bridgehead atoms. The van der Waals surface area contributed by atoms with Crippen LogP contribution in [0.3, 0.4) is 0 Å². The van der Waals surface area contributed by atoms with Gasteiger partial charge in [0.25, 0.3) is 0 Å². The molecule has 6 heteroatoms. The smallest absolute Gasteiger partial charge is 0.186 e. The fourth-order valence-electron chi connectivity index (χ4n) is 3.15. The van der Waals surface area contributed by atoms with Gasteiger partial charge >= 0.3 is 0 Å². The highest BCUT2D eigenvalue weighted by atomic mass is 32.1. The van der Waals surface area contributed by atoms with E-state index in [1.165, 1.54) is 0 Å². The number of quaternary nitrogens is 1. The molecular formula is C23H29N4OS+. The van der Waals surface area contributed by atoms with E-state index in [1.807, 2.05) is 54.6 Å². The number of morpholine rings is 1. The molecule has 0 radical (unpaired) electrons. The summed E-state index contributed by atoms with van der Waals surface area (Å²) in [5, 5.41) is 8.32. The standard InChI is InChI=1S/C23H28N4OS/c29-23(24-14-7-15-27-16-18-28-19-17-27)26-25-22(21-10-5-2-6-11-21)13-12-20-8-3-1-4-9-20/h1-6,8-13H,7,14-19H2,(H2,24,26,29)/p+1/b13-12+,25-22+. The first kappa shape index (κ1) is 21.2. The highest BCUT2D eigenvalue weighted by Crippen LogP contribution is 2.06. The second-order valence-electron chi connectivity index (χ2n) is 6.94. The molecule has 152 valence electrons. The lowest BCUT2D eigenvalue weighted by molar-refractivity contribution is -0.908. The van der Waals surface area contributed by atoms with Crippen molar-refractivity contribution in [3.8, 4) is 0 Å². The lowest BCUT2D eigenvalue weighted by atomic mass is 10.1. The predicted octanol–water partition coefficient (Wildman–Crippen LogP) is 1.87. The first-order chi connectivity index (χ1) is 14.3. The topological polar surface area (TPSA) is 50.1 Å². The normalized spacial score (nSPS) is 15.4. The lowest BCUT2D eigenvalue weighted by Crippen LogP contribution is -3.14. The van der Waals surface area contributed by atoms with Gasteiger partial charge in [-0.15, -0.1) is 0 Å². The van der Waals surface area contributed by atoms with Crippen LogP contribution < -0.4 is 15.6 Å². The van der Waals surface area contributed by atoms with E-state index in [2.05, 4.69) is 34.1 Å². The van der Waals surface area contributed by atoms with Crippen molar-refractivity contribution in [2.45, 2.75) is 6.42 Å². The molecule has 29 heavy (non-hydrogen) atoms. The number of hydrogen-bond donors (Lipinski definition) is 3. The van der Waals surface area contributed by atoms with Gasteiger partial charge in [0.1, 0.15) is 13.1 Å². The van der Waals surface area contributed by atoms with Crippen LogP contribution in [0, 0.1) is 0 Å². The number of nitrogens with one attached hydrogen (secondary N) is 3. The molecule has 0 atom stereocenters. The van der Waals surface area contributed by atoms with Crippen molar-refractivity contribution in [3.63, 3.8) is 0 Å². The van der Waals surface area contributed by atoms with Crippen molar-refractivity contribution >= 4 is 29.1 Å². The Morgan fingerprint density at radius 1 is 1.03 bits per heavy atom.